The van der Waals surface area contributed by atoms with Gasteiger partial charge in [0.25, 0.3) is 0 Å². The van der Waals surface area contributed by atoms with Gasteiger partial charge in [-0.05, 0) is 24.7 Å². The first-order valence-corrected chi connectivity index (χ1v) is 8.20. The fourth-order valence-corrected chi connectivity index (χ4v) is 3.76. The van der Waals surface area contributed by atoms with E-state index in [-0.39, 0.29) is 5.75 Å². The number of aryl methyl sites for hydroxylation is 1. The van der Waals surface area contributed by atoms with Gasteiger partial charge in [0, 0.05) is 12.5 Å². The minimum absolute atomic E-state index is 0.0396. The number of aliphatic carboxylic acids is 1. The van der Waals surface area contributed by atoms with Crippen LogP contribution in [0.2, 0.25) is 0 Å². The van der Waals surface area contributed by atoms with E-state index >= 15 is 0 Å². The van der Waals surface area contributed by atoms with Crippen LogP contribution >= 0.6 is 11.8 Å². The average Bonchev–Trinajstić information content (AvgIpc) is 2.78. The molecule has 1 N–H and O–H groups in total. The molecule has 1 fully saturated rings. The minimum atomic E-state index is -0.813. The van der Waals surface area contributed by atoms with Crippen molar-refractivity contribution in [2.45, 2.75) is 64.1 Å². The average molecular weight is 297 g/mol. The molecule has 112 valence electrons. The fraction of sp³-hybridized carbons (Fsp3) is 0.786. The molecule has 0 amide bonds. The summed E-state index contributed by atoms with van der Waals surface area (Å²) in [5.74, 6) is 0.199. The molecule has 2 rings (SSSR count). The molecule has 1 unspecified atom stereocenters. The molecule has 6 heteroatoms. The Morgan fingerprint density at radius 1 is 1.50 bits per heavy atom. The van der Waals surface area contributed by atoms with Crippen LogP contribution in [0.3, 0.4) is 0 Å². The van der Waals surface area contributed by atoms with Crippen molar-refractivity contribution in [2.75, 3.05) is 5.75 Å². The van der Waals surface area contributed by atoms with Crippen molar-refractivity contribution in [3.63, 3.8) is 0 Å². The summed E-state index contributed by atoms with van der Waals surface area (Å²) in [4.78, 5) is 10.8. The maximum atomic E-state index is 10.8. The van der Waals surface area contributed by atoms with Crippen molar-refractivity contribution in [1.29, 1.82) is 0 Å². The van der Waals surface area contributed by atoms with E-state index in [1.54, 1.807) is 0 Å². The molecular formula is C14H23N3O2S. The molecule has 1 aromatic rings. The largest absolute Gasteiger partial charge is 0.481 e. The first-order valence-electron chi connectivity index (χ1n) is 7.21. The zero-order valence-corrected chi connectivity index (χ0v) is 13.2. The zero-order valence-electron chi connectivity index (χ0n) is 12.4. The van der Waals surface area contributed by atoms with Crippen LogP contribution in [0.1, 0.15) is 58.3 Å². The Hall–Kier alpha value is -1.04. The molecule has 1 saturated carbocycles. The van der Waals surface area contributed by atoms with E-state index in [1.165, 1.54) is 24.6 Å². The van der Waals surface area contributed by atoms with Gasteiger partial charge in [-0.3, -0.25) is 4.79 Å². The lowest BCUT2D eigenvalue weighted by Gasteiger charge is -2.36. The summed E-state index contributed by atoms with van der Waals surface area (Å²) < 4.78 is 2.19. The third kappa shape index (κ3) is 3.53. The third-order valence-corrected chi connectivity index (χ3v) is 4.85. The Kier molecular flexibility index (Phi) is 4.73. The Balaban J connectivity index is 2.23. The van der Waals surface area contributed by atoms with Crippen LogP contribution in [-0.4, -0.2) is 31.6 Å². The smallest absolute Gasteiger partial charge is 0.313 e. The predicted molar refractivity (Wildman–Crippen MR) is 79.0 cm³/mol. The maximum Gasteiger partial charge on any atom is 0.313 e. The number of thioether (sulfide) groups is 1. The number of carboxylic acids is 1. The first kappa shape index (κ1) is 15.4. The Labute approximate surface area is 124 Å². The van der Waals surface area contributed by atoms with Gasteiger partial charge in [0.15, 0.2) is 5.16 Å². The van der Waals surface area contributed by atoms with E-state index in [1.807, 2.05) is 0 Å². The molecule has 1 aliphatic carbocycles. The second-order valence-electron chi connectivity index (χ2n) is 6.22. The number of nitrogens with zero attached hydrogens (tertiary/aromatic N) is 3. The van der Waals surface area contributed by atoms with Gasteiger partial charge in [0.05, 0.1) is 5.75 Å². The Bertz CT molecular complexity index is 485. The molecule has 0 radical (unpaired) electrons. The highest BCUT2D eigenvalue weighted by atomic mass is 32.2. The van der Waals surface area contributed by atoms with Crippen LogP contribution in [0.15, 0.2) is 5.16 Å². The van der Waals surface area contributed by atoms with Crippen LogP contribution in [0.4, 0.5) is 0 Å². The van der Waals surface area contributed by atoms with E-state index in [0.717, 1.165) is 30.2 Å². The van der Waals surface area contributed by atoms with E-state index in [9.17, 15) is 4.79 Å². The summed E-state index contributed by atoms with van der Waals surface area (Å²) in [6.07, 6.45) is 5.54. The van der Waals surface area contributed by atoms with Crippen LogP contribution in [0.5, 0.6) is 0 Å². The van der Waals surface area contributed by atoms with Crippen LogP contribution in [0.25, 0.3) is 0 Å². The molecule has 0 aliphatic heterocycles. The van der Waals surface area contributed by atoms with Crippen molar-refractivity contribution in [2.24, 2.45) is 5.41 Å². The van der Waals surface area contributed by atoms with E-state index < -0.39 is 5.97 Å². The maximum absolute atomic E-state index is 10.8. The molecule has 1 atom stereocenters. The van der Waals surface area contributed by atoms with E-state index in [4.69, 9.17) is 5.11 Å². The summed E-state index contributed by atoms with van der Waals surface area (Å²) in [6.45, 7) is 6.68. The molecule has 1 aromatic heterocycles. The summed E-state index contributed by atoms with van der Waals surface area (Å²) >= 11 is 1.27. The molecule has 0 aromatic carbocycles. The quantitative estimate of drug-likeness (QED) is 0.846. The topological polar surface area (TPSA) is 68.0 Å². The van der Waals surface area contributed by atoms with Gasteiger partial charge >= 0.3 is 5.97 Å². The van der Waals surface area contributed by atoms with Crippen molar-refractivity contribution < 1.29 is 9.90 Å². The number of hydrogen-bond acceptors (Lipinski definition) is 4. The lowest BCUT2D eigenvalue weighted by atomic mass is 9.75. The highest BCUT2D eigenvalue weighted by Gasteiger charge is 2.31. The third-order valence-electron chi connectivity index (χ3n) is 3.92. The second kappa shape index (κ2) is 6.16. The normalized spacial score (nSPS) is 21.9. The van der Waals surface area contributed by atoms with Gasteiger partial charge < -0.3 is 9.67 Å². The number of rotatable bonds is 5. The summed E-state index contributed by atoms with van der Waals surface area (Å²) in [5, 5.41) is 18.0. The van der Waals surface area contributed by atoms with Crippen molar-refractivity contribution in [3.05, 3.63) is 5.82 Å². The van der Waals surface area contributed by atoms with Crippen molar-refractivity contribution >= 4 is 17.7 Å². The second-order valence-corrected chi connectivity index (χ2v) is 7.16. The number of aromatic nitrogens is 3. The van der Waals surface area contributed by atoms with Gasteiger partial charge in [-0.25, -0.2) is 0 Å². The lowest BCUT2D eigenvalue weighted by molar-refractivity contribution is -0.133. The first-order chi connectivity index (χ1) is 9.43. The molecule has 1 heterocycles. The van der Waals surface area contributed by atoms with Gasteiger partial charge in [-0.1, -0.05) is 39.0 Å². The van der Waals surface area contributed by atoms with Crippen LogP contribution < -0.4 is 0 Å². The van der Waals surface area contributed by atoms with Gasteiger partial charge in [0.2, 0.25) is 0 Å². The van der Waals surface area contributed by atoms with E-state index in [0.29, 0.717) is 11.5 Å². The minimum Gasteiger partial charge on any atom is -0.481 e. The Morgan fingerprint density at radius 2 is 2.25 bits per heavy atom. The number of carbonyl (C=O) groups is 1. The summed E-state index contributed by atoms with van der Waals surface area (Å²) in [5.41, 5.74) is 0.340. The van der Waals surface area contributed by atoms with Crippen LogP contribution in [0, 0.1) is 5.41 Å². The molecule has 20 heavy (non-hydrogen) atoms. The van der Waals surface area contributed by atoms with Crippen LogP contribution in [-0.2, 0) is 11.2 Å². The SMILES string of the molecule is CCc1nnc(SCC(=O)O)n1C1CCCC(C)(C)C1. The van der Waals surface area contributed by atoms with E-state index in [2.05, 4.69) is 35.5 Å². The zero-order chi connectivity index (χ0) is 14.8. The van der Waals surface area contributed by atoms with Gasteiger partial charge in [-0.2, -0.15) is 0 Å². The molecule has 5 nitrogen and oxygen atoms in total. The number of carboxylic acid groups (broad SMARTS) is 1. The molecule has 0 bridgehead atoms. The molecule has 0 spiro atoms. The van der Waals surface area contributed by atoms with Crippen molar-refractivity contribution in [1.82, 2.24) is 14.8 Å². The van der Waals surface area contributed by atoms with Gasteiger partial charge in [-0.15, -0.1) is 10.2 Å². The summed E-state index contributed by atoms with van der Waals surface area (Å²) in [6, 6.07) is 0.403. The fourth-order valence-electron chi connectivity index (χ4n) is 3.02. The number of hydrogen-bond donors (Lipinski definition) is 1. The molecular weight excluding hydrogens is 274 g/mol. The standard InChI is InChI=1S/C14H23N3O2S/c1-4-11-15-16-13(20-9-12(18)19)17(11)10-6-5-7-14(2,3)8-10/h10H,4-9H2,1-3H3,(H,18,19). The van der Waals surface area contributed by atoms with Crippen molar-refractivity contribution in [3.8, 4) is 0 Å². The lowest BCUT2D eigenvalue weighted by Crippen LogP contribution is -2.26. The predicted octanol–water partition coefficient (Wildman–Crippen LogP) is 3.16. The highest BCUT2D eigenvalue weighted by Crippen LogP contribution is 2.42. The monoisotopic (exact) mass is 297 g/mol. The Morgan fingerprint density at radius 3 is 2.85 bits per heavy atom. The molecule has 0 saturated heterocycles. The summed E-state index contributed by atoms with van der Waals surface area (Å²) in [7, 11) is 0. The van der Waals surface area contributed by atoms with Gasteiger partial charge in [0.1, 0.15) is 5.82 Å². The molecule has 1 aliphatic rings. The highest BCUT2D eigenvalue weighted by molar-refractivity contribution is 7.99.